The average Bonchev–Trinajstić information content (AvgIpc) is 2.46. The molecule has 0 aromatic carbocycles. The van der Waals surface area contributed by atoms with Crippen LogP contribution in [0, 0.1) is 11.3 Å². The lowest BCUT2D eigenvalue weighted by Gasteiger charge is -2.38. The highest BCUT2D eigenvalue weighted by Crippen LogP contribution is 2.71. The summed E-state index contributed by atoms with van der Waals surface area (Å²) in [7, 11) is 8.12. The van der Waals surface area contributed by atoms with Crippen molar-refractivity contribution in [1.82, 2.24) is 0 Å². The fourth-order valence-corrected chi connectivity index (χ4v) is 10.9. The molecule has 0 nitrogen and oxygen atoms in total. The van der Waals surface area contributed by atoms with Crippen LogP contribution in [0.25, 0.3) is 0 Å². The fraction of sp³-hybridized carbons (Fsp3) is 0.800. The first-order valence-electron chi connectivity index (χ1n) is 5.02. The van der Waals surface area contributed by atoms with E-state index >= 15 is 0 Å². The summed E-state index contributed by atoms with van der Waals surface area (Å²) in [5.41, 5.74) is 2.25. The van der Waals surface area contributed by atoms with Gasteiger partial charge in [0.1, 0.15) is 0 Å². The van der Waals surface area contributed by atoms with E-state index in [0.29, 0.717) is 10.2 Å². The van der Waals surface area contributed by atoms with E-state index in [1.54, 1.807) is 5.57 Å². The third-order valence-electron chi connectivity index (χ3n) is 4.16. The number of fused-ring (bicyclic) bond motifs is 1. The molecule has 1 saturated heterocycles. The van der Waals surface area contributed by atoms with Crippen LogP contribution >= 0.6 is 41.2 Å². The van der Waals surface area contributed by atoms with E-state index in [0.717, 1.165) is 5.92 Å². The van der Waals surface area contributed by atoms with E-state index in [2.05, 4.69) is 30.7 Å². The zero-order valence-electron chi connectivity index (χ0n) is 8.41. The van der Waals surface area contributed by atoms with Crippen molar-refractivity contribution in [2.75, 3.05) is 5.75 Å². The molecule has 3 aliphatic rings. The van der Waals surface area contributed by atoms with E-state index < -0.39 is 0 Å². The first-order chi connectivity index (χ1) is 6.67. The Hall–Kier alpha value is 1.14. The van der Waals surface area contributed by atoms with Gasteiger partial charge in [0, 0.05) is 5.75 Å². The smallest absolute Gasteiger partial charge is 0.0545 e. The standard InChI is InChI=1S/C10H14S4/c1-9(2)7-3-4-10(9)8(5-7)6-11-13-14-12-10/h5,7H,3-4,6H2,1-2H3/t7-,10-/m0/s1. The molecule has 14 heavy (non-hydrogen) atoms. The Morgan fingerprint density at radius 3 is 3.00 bits per heavy atom. The first kappa shape index (κ1) is 10.3. The Morgan fingerprint density at radius 2 is 2.21 bits per heavy atom. The quantitative estimate of drug-likeness (QED) is 0.454. The Labute approximate surface area is 101 Å². The summed E-state index contributed by atoms with van der Waals surface area (Å²) < 4.78 is 0.485. The van der Waals surface area contributed by atoms with Crippen LogP contribution in [0.4, 0.5) is 0 Å². The Morgan fingerprint density at radius 1 is 1.36 bits per heavy atom. The van der Waals surface area contributed by atoms with Gasteiger partial charge in [-0.1, -0.05) is 41.5 Å². The number of hydrogen-bond donors (Lipinski definition) is 0. The molecule has 0 aromatic heterocycles. The molecule has 1 spiro atoms. The van der Waals surface area contributed by atoms with Gasteiger partial charge in [-0.15, -0.1) is 0 Å². The summed E-state index contributed by atoms with van der Waals surface area (Å²) in [4.78, 5) is 0. The molecule has 1 heterocycles. The van der Waals surface area contributed by atoms with Crippen LogP contribution in [0.3, 0.4) is 0 Å². The van der Waals surface area contributed by atoms with Crippen molar-refractivity contribution < 1.29 is 0 Å². The van der Waals surface area contributed by atoms with Crippen LogP contribution in [0.15, 0.2) is 11.6 Å². The maximum absolute atomic E-state index is 2.59. The zero-order valence-corrected chi connectivity index (χ0v) is 11.7. The molecule has 0 amide bonds. The van der Waals surface area contributed by atoms with Gasteiger partial charge in [-0.25, -0.2) is 0 Å². The number of rotatable bonds is 0. The SMILES string of the molecule is CC1(C)[C@@H]2C=C3CSSSS[C@@]31CC2. The second kappa shape index (κ2) is 3.31. The van der Waals surface area contributed by atoms with Crippen LogP contribution < -0.4 is 0 Å². The predicted molar refractivity (Wildman–Crippen MR) is 72.6 cm³/mol. The van der Waals surface area contributed by atoms with Crippen molar-refractivity contribution in [2.45, 2.75) is 31.4 Å². The van der Waals surface area contributed by atoms with Crippen molar-refractivity contribution in [1.29, 1.82) is 0 Å². The summed E-state index contributed by atoms with van der Waals surface area (Å²) in [5.74, 6) is 2.11. The van der Waals surface area contributed by atoms with Gasteiger partial charge in [0.05, 0.1) is 4.75 Å². The van der Waals surface area contributed by atoms with Crippen LogP contribution in [0.1, 0.15) is 26.7 Å². The molecule has 2 fully saturated rings. The number of allylic oxidation sites excluding steroid dienone is 1. The molecule has 78 valence electrons. The molecule has 0 radical (unpaired) electrons. The average molecular weight is 262 g/mol. The minimum Gasteiger partial charge on any atom is -0.0793 e. The van der Waals surface area contributed by atoms with Gasteiger partial charge in [-0.2, -0.15) is 0 Å². The van der Waals surface area contributed by atoms with Crippen molar-refractivity contribution >= 4 is 41.2 Å². The van der Waals surface area contributed by atoms with Crippen molar-refractivity contribution in [2.24, 2.45) is 11.3 Å². The highest BCUT2D eigenvalue weighted by atomic mass is 33.7. The molecule has 1 saturated carbocycles. The van der Waals surface area contributed by atoms with Crippen molar-refractivity contribution in [3.8, 4) is 0 Å². The lowest BCUT2D eigenvalue weighted by atomic mass is 9.79. The molecule has 2 aliphatic carbocycles. The van der Waals surface area contributed by atoms with Crippen molar-refractivity contribution in [3.05, 3.63) is 11.6 Å². The Balaban J connectivity index is 2.06. The maximum atomic E-state index is 2.59. The van der Waals surface area contributed by atoms with E-state index in [1.165, 1.54) is 18.6 Å². The lowest BCUT2D eigenvalue weighted by Crippen LogP contribution is -2.36. The molecular formula is C10H14S4. The summed E-state index contributed by atoms with van der Waals surface area (Å²) in [6.45, 7) is 4.95. The molecule has 4 heteroatoms. The first-order valence-corrected chi connectivity index (χ1v) is 10.0. The molecule has 3 rings (SSSR count). The van der Waals surface area contributed by atoms with Gasteiger partial charge in [0.15, 0.2) is 0 Å². The number of hydrogen-bond acceptors (Lipinski definition) is 4. The zero-order chi connectivity index (χ0) is 9.81. The topological polar surface area (TPSA) is 0 Å². The summed E-state index contributed by atoms with van der Waals surface area (Å²) in [5, 5.41) is 0. The predicted octanol–water partition coefficient (Wildman–Crippen LogP) is 4.79. The highest BCUT2D eigenvalue weighted by Gasteiger charge is 2.60. The van der Waals surface area contributed by atoms with Gasteiger partial charge in [0.25, 0.3) is 0 Å². The third kappa shape index (κ3) is 1.14. The lowest BCUT2D eigenvalue weighted by molar-refractivity contribution is 0.299. The van der Waals surface area contributed by atoms with Crippen LogP contribution in [0.2, 0.25) is 0 Å². The Bertz CT molecular complexity index is 296. The van der Waals surface area contributed by atoms with Gasteiger partial charge in [0.2, 0.25) is 0 Å². The molecule has 1 aliphatic heterocycles. The molecule has 2 bridgehead atoms. The van der Waals surface area contributed by atoms with Crippen molar-refractivity contribution in [3.63, 3.8) is 0 Å². The monoisotopic (exact) mass is 262 g/mol. The van der Waals surface area contributed by atoms with E-state index in [4.69, 9.17) is 0 Å². The van der Waals surface area contributed by atoms with E-state index in [1.807, 2.05) is 30.4 Å². The second-order valence-corrected chi connectivity index (χ2v) is 11.0. The van der Waals surface area contributed by atoms with E-state index in [9.17, 15) is 0 Å². The minimum atomic E-state index is 0.485. The Kier molecular flexibility index (Phi) is 2.44. The second-order valence-electron chi connectivity index (χ2n) is 4.87. The molecule has 2 atom stereocenters. The van der Waals surface area contributed by atoms with Gasteiger partial charge >= 0.3 is 0 Å². The van der Waals surface area contributed by atoms with E-state index in [-0.39, 0.29) is 0 Å². The highest BCUT2D eigenvalue weighted by molar-refractivity contribution is 9.26. The molecular weight excluding hydrogens is 248 g/mol. The summed E-state index contributed by atoms with van der Waals surface area (Å²) in [6.07, 6.45) is 5.42. The summed E-state index contributed by atoms with van der Waals surface area (Å²) in [6, 6.07) is 0. The minimum absolute atomic E-state index is 0.485. The maximum Gasteiger partial charge on any atom is 0.0545 e. The molecule has 0 aromatic rings. The van der Waals surface area contributed by atoms with Gasteiger partial charge in [-0.05, 0) is 49.4 Å². The molecule has 0 unspecified atom stereocenters. The largest absolute Gasteiger partial charge is 0.0793 e. The summed E-state index contributed by atoms with van der Waals surface area (Å²) >= 11 is 0. The molecule has 0 N–H and O–H groups in total. The van der Waals surface area contributed by atoms with Crippen LogP contribution in [0.5, 0.6) is 0 Å². The third-order valence-corrected chi connectivity index (χ3v) is 11.4. The fourth-order valence-electron chi connectivity index (χ4n) is 3.13. The normalized spacial score (nSPS) is 44.4. The van der Waals surface area contributed by atoms with Crippen LogP contribution in [-0.4, -0.2) is 10.5 Å². The van der Waals surface area contributed by atoms with Crippen LogP contribution in [-0.2, 0) is 0 Å². The van der Waals surface area contributed by atoms with Gasteiger partial charge < -0.3 is 0 Å². The van der Waals surface area contributed by atoms with Gasteiger partial charge in [-0.3, -0.25) is 0 Å².